The van der Waals surface area contributed by atoms with Crippen LogP contribution in [0.3, 0.4) is 0 Å². The molecule has 0 amide bonds. The van der Waals surface area contributed by atoms with Crippen LogP contribution in [0.1, 0.15) is 36.1 Å². The standard InChI is InChI=1S/C21H29N5O/c1-22-20-18-9-4-10-19(18)24-21(25-20)23-16-7-5-11-26(14-16)13-15-6-3-8-17(12-15)27-2/h3,6,8,12,16H,4-5,7,9-11,13-14H2,1-2H3,(H2,22,23,24,25). The fraction of sp³-hybridized carbons (Fsp3) is 0.524. The fourth-order valence-corrected chi connectivity index (χ4v) is 4.23. The first-order valence-electron chi connectivity index (χ1n) is 9.94. The van der Waals surface area contributed by atoms with Gasteiger partial charge in [-0.15, -0.1) is 0 Å². The van der Waals surface area contributed by atoms with Crippen molar-refractivity contribution in [2.75, 3.05) is 37.9 Å². The number of likely N-dealkylation sites (tertiary alicyclic amines) is 1. The number of anilines is 2. The zero-order valence-electron chi connectivity index (χ0n) is 16.3. The van der Waals surface area contributed by atoms with E-state index >= 15 is 0 Å². The second kappa shape index (κ2) is 8.13. The van der Waals surface area contributed by atoms with Crippen LogP contribution in [0, 0.1) is 0 Å². The molecule has 0 spiro atoms. The molecule has 1 aliphatic heterocycles. The van der Waals surface area contributed by atoms with Gasteiger partial charge in [0, 0.05) is 31.7 Å². The highest BCUT2D eigenvalue weighted by molar-refractivity contribution is 5.52. The largest absolute Gasteiger partial charge is 0.497 e. The predicted molar refractivity (Wildman–Crippen MR) is 109 cm³/mol. The minimum atomic E-state index is 0.383. The number of hydrogen-bond donors (Lipinski definition) is 2. The Morgan fingerprint density at radius 3 is 3.00 bits per heavy atom. The molecule has 6 nitrogen and oxygen atoms in total. The van der Waals surface area contributed by atoms with E-state index in [0.29, 0.717) is 6.04 Å². The molecular formula is C21H29N5O. The lowest BCUT2D eigenvalue weighted by Crippen LogP contribution is -2.42. The van der Waals surface area contributed by atoms with E-state index in [4.69, 9.17) is 14.7 Å². The number of nitrogens with zero attached hydrogens (tertiary/aromatic N) is 3. The van der Waals surface area contributed by atoms with E-state index in [2.05, 4.69) is 33.7 Å². The lowest BCUT2D eigenvalue weighted by atomic mass is 10.0. The number of rotatable bonds is 6. The Morgan fingerprint density at radius 1 is 1.22 bits per heavy atom. The van der Waals surface area contributed by atoms with Crippen LogP contribution < -0.4 is 15.4 Å². The molecule has 2 aliphatic rings. The van der Waals surface area contributed by atoms with Gasteiger partial charge < -0.3 is 15.4 Å². The Morgan fingerprint density at radius 2 is 2.15 bits per heavy atom. The van der Waals surface area contributed by atoms with Gasteiger partial charge >= 0.3 is 0 Å². The smallest absolute Gasteiger partial charge is 0.225 e. The molecule has 4 rings (SSSR count). The molecule has 2 heterocycles. The number of hydrogen-bond acceptors (Lipinski definition) is 6. The van der Waals surface area contributed by atoms with Crippen LogP contribution >= 0.6 is 0 Å². The lowest BCUT2D eigenvalue weighted by molar-refractivity contribution is 0.208. The van der Waals surface area contributed by atoms with Crippen molar-refractivity contribution in [3.63, 3.8) is 0 Å². The maximum absolute atomic E-state index is 5.35. The van der Waals surface area contributed by atoms with Gasteiger partial charge in [-0.2, -0.15) is 4.98 Å². The van der Waals surface area contributed by atoms with E-state index in [-0.39, 0.29) is 0 Å². The van der Waals surface area contributed by atoms with Crippen molar-refractivity contribution >= 4 is 11.8 Å². The van der Waals surface area contributed by atoms with Crippen LogP contribution in [0.5, 0.6) is 5.75 Å². The number of benzene rings is 1. The van der Waals surface area contributed by atoms with Crippen LogP contribution in [0.4, 0.5) is 11.8 Å². The number of nitrogens with one attached hydrogen (secondary N) is 2. The fourth-order valence-electron chi connectivity index (χ4n) is 4.23. The molecular weight excluding hydrogens is 338 g/mol. The van der Waals surface area contributed by atoms with E-state index in [1.54, 1.807) is 7.11 Å². The zero-order chi connectivity index (χ0) is 18.6. The second-order valence-corrected chi connectivity index (χ2v) is 7.49. The normalized spacial score (nSPS) is 19.6. The van der Waals surface area contributed by atoms with Gasteiger partial charge in [0.25, 0.3) is 0 Å². The van der Waals surface area contributed by atoms with E-state index < -0.39 is 0 Å². The first-order valence-corrected chi connectivity index (χ1v) is 9.94. The van der Waals surface area contributed by atoms with Crippen LogP contribution in [0.2, 0.25) is 0 Å². The Bertz CT molecular complexity index is 794. The third kappa shape index (κ3) is 4.16. The van der Waals surface area contributed by atoms with Gasteiger partial charge in [0.1, 0.15) is 11.6 Å². The quantitative estimate of drug-likeness (QED) is 0.818. The molecule has 6 heteroatoms. The van der Waals surface area contributed by atoms with Crippen molar-refractivity contribution in [3.8, 4) is 5.75 Å². The van der Waals surface area contributed by atoms with Gasteiger partial charge in [-0.3, -0.25) is 4.90 Å². The molecule has 0 radical (unpaired) electrons. The van der Waals surface area contributed by atoms with Crippen molar-refractivity contribution in [3.05, 3.63) is 41.1 Å². The lowest BCUT2D eigenvalue weighted by Gasteiger charge is -2.33. The predicted octanol–water partition coefficient (Wildman–Crippen LogP) is 3.09. The summed E-state index contributed by atoms with van der Waals surface area (Å²) in [7, 11) is 3.66. The maximum Gasteiger partial charge on any atom is 0.225 e. The van der Waals surface area contributed by atoms with Gasteiger partial charge in [0.05, 0.1) is 12.8 Å². The number of fused-ring (bicyclic) bond motifs is 1. The summed E-state index contributed by atoms with van der Waals surface area (Å²) in [5.74, 6) is 2.68. The van der Waals surface area contributed by atoms with Crippen LogP contribution in [0.15, 0.2) is 24.3 Å². The average Bonchev–Trinajstić information content (AvgIpc) is 3.16. The third-order valence-electron chi connectivity index (χ3n) is 5.55. The molecule has 1 aromatic carbocycles. The molecule has 0 saturated carbocycles. The Hall–Kier alpha value is -2.34. The molecule has 1 saturated heterocycles. The monoisotopic (exact) mass is 367 g/mol. The van der Waals surface area contributed by atoms with Gasteiger partial charge in [0.2, 0.25) is 5.95 Å². The third-order valence-corrected chi connectivity index (χ3v) is 5.55. The van der Waals surface area contributed by atoms with Crippen molar-refractivity contribution in [2.45, 2.75) is 44.7 Å². The van der Waals surface area contributed by atoms with Gasteiger partial charge in [-0.25, -0.2) is 4.98 Å². The summed E-state index contributed by atoms with van der Waals surface area (Å²) in [6.07, 6.45) is 5.67. The number of ether oxygens (including phenoxy) is 1. The molecule has 2 N–H and O–H groups in total. The van der Waals surface area contributed by atoms with Crippen molar-refractivity contribution in [1.82, 2.24) is 14.9 Å². The molecule has 1 fully saturated rings. The SMILES string of the molecule is CNc1nc(NC2CCCN(Cc3cccc(OC)c3)C2)nc2c1CCC2. The van der Waals surface area contributed by atoms with E-state index in [9.17, 15) is 0 Å². The van der Waals surface area contributed by atoms with Crippen LogP contribution in [-0.2, 0) is 19.4 Å². The summed E-state index contributed by atoms with van der Waals surface area (Å²) < 4.78 is 5.35. The zero-order valence-corrected chi connectivity index (χ0v) is 16.3. The van der Waals surface area contributed by atoms with Crippen LogP contribution in [0.25, 0.3) is 0 Å². The van der Waals surface area contributed by atoms with Crippen molar-refractivity contribution in [1.29, 1.82) is 0 Å². The van der Waals surface area contributed by atoms with Gasteiger partial charge in [-0.1, -0.05) is 12.1 Å². The summed E-state index contributed by atoms with van der Waals surface area (Å²) in [4.78, 5) is 12.0. The highest BCUT2D eigenvalue weighted by Gasteiger charge is 2.23. The van der Waals surface area contributed by atoms with E-state index in [1.807, 2.05) is 13.1 Å². The average molecular weight is 367 g/mol. The van der Waals surface area contributed by atoms with Crippen molar-refractivity contribution in [2.24, 2.45) is 0 Å². The van der Waals surface area contributed by atoms with Crippen molar-refractivity contribution < 1.29 is 4.74 Å². The molecule has 2 aromatic rings. The maximum atomic E-state index is 5.35. The molecule has 1 aliphatic carbocycles. The number of aromatic nitrogens is 2. The molecule has 1 atom stereocenters. The Labute approximate surface area is 161 Å². The first kappa shape index (κ1) is 18.0. The second-order valence-electron chi connectivity index (χ2n) is 7.49. The topological polar surface area (TPSA) is 62.3 Å². The van der Waals surface area contributed by atoms with Gasteiger partial charge in [0.15, 0.2) is 0 Å². The summed E-state index contributed by atoms with van der Waals surface area (Å²) >= 11 is 0. The summed E-state index contributed by atoms with van der Waals surface area (Å²) in [6, 6.07) is 8.73. The highest BCUT2D eigenvalue weighted by Crippen LogP contribution is 2.28. The Kier molecular flexibility index (Phi) is 5.43. The molecule has 27 heavy (non-hydrogen) atoms. The van der Waals surface area contributed by atoms with Gasteiger partial charge in [-0.05, 0) is 56.3 Å². The summed E-state index contributed by atoms with van der Waals surface area (Å²) in [5, 5.41) is 6.84. The number of methoxy groups -OCH3 is 1. The molecule has 1 aromatic heterocycles. The van der Waals surface area contributed by atoms with E-state index in [0.717, 1.165) is 56.4 Å². The number of aryl methyl sites for hydroxylation is 1. The minimum Gasteiger partial charge on any atom is -0.497 e. The highest BCUT2D eigenvalue weighted by atomic mass is 16.5. The molecule has 0 bridgehead atoms. The first-order chi connectivity index (χ1) is 13.2. The molecule has 144 valence electrons. The van der Waals surface area contributed by atoms with Crippen LogP contribution in [-0.4, -0.2) is 48.2 Å². The number of piperidine rings is 1. The Balaban J connectivity index is 1.41. The summed E-state index contributed by atoms with van der Waals surface area (Å²) in [6.45, 7) is 3.08. The van der Waals surface area contributed by atoms with E-state index in [1.165, 1.54) is 29.7 Å². The minimum absolute atomic E-state index is 0.383. The molecule has 1 unspecified atom stereocenters. The summed E-state index contributed by atoms with van der Waals surface area (Å²) in [5.41, 5.74) is 3.80.